The number of aryl methyl sites for hydroxylation is 2. The molecule has 2 aromatic carbocycles. The van der Waals surface area contributed by atoms with Crippen molar-refractivity contribution in [2.24, 2.45) is 5.92 Å². The second-order valence-corrected chi connectivity index (χ2v) is 6.99. The van der Waals surface area contributed by atoms with Gasteiger partial charge in [0.25, 0.3) is 5.69 Å². The molecule has 0 aromatic heterocycles. The van der Waals surface area contributed by atoms with Crippen molar-refractivity contribution in [1.82, 2.24) is 0 Å². The highest BCUT2D eigenvalue weighted by Crippen LogP contribution is 2.30. The van der Waals surface area contributed by atoms with Gasteiger partial charge in [0.15, 0.2) is 0 Å². The average Bonchev–Trinajstić information content (AvgIpc) is 3.00. The number of anilines is 2. The van der Waals surface area contributed by atoms with Gasteiger partial charge >= 0.3 is 0 Å². The summed E-state index contributed by atoms with van der Waals surface area (Å²) in [6, 6.07) is 9.79. The van der Waals surface area contributed by atoms with Gasteiger partial charge in [0.05, 0.1) is 10.8 Å². The highest BCUT2D eigenvalue weighted by Gasteiger charge is 2.35. The summed E-state index contributed by atoms with van der Waals surface area (Å²) >= 11 is 5.78. The minimum Gasteiger partial charge on any atom is -0.326 e. The van der Waals surface area contributed by atoms with Crippen molar-refractivity contribution >= 4 is 40.5 Å². The van der Waals surface area contributed by atoms with Gasteiger partial charge in [0.1, 0.15) is 5.02 Å². The average molecular weight is 388 g/mol. The van der Waals surface area contributed by atoms with Gasteiger partial charge in [0, 0.05) is 30.4 Å². The minimum atomic E-state index is -0.613. The minimum absolute atomic E-state index is 0.00467. The molecule has 7 nitrogen and oxygen atoms in total. The number of nitro groups is 1. The van der Waals surface area contributed by atoms with Gasteiger partial charge in [-0.3, -0.25) is 19.7 Å². The van der Waals surface area contributed by atoms with Crippen LogP contribution in [-0.2, 0) is 9.59 Å². The van der Waals surface area contributed by atoms with Crippen molar-refractivity contribution in [2.75, 3.05) is 16.8 Å². The molecule has 3 rings (SSSR count). The zero-order chi connectivity index (χ0) is 19.7. The standard InChI is InChI=1S/C19H18ClN3O4/c1-11-3-5-15(7-12(11)2)22-10-13(8-18(22)24)19(25)21-14-4-6-16(20)17(9-14)23(26)27/h3-7,9,13H,8,10H2,1-2H3,(H,21,25). The maximum Gasteiger partial charge on any atom is 0.289 e. The molecule has 1 unspecified atom stereocenters. The van der Waals surface area contributed by atoms with Crippen LogP contribution in [0, 0.1) is 29.9 Å². The SMILES string of the molecule is Cc1ccc(N2CC(C(=O)Nc3ccc(Cl)c([N+](=O)[O-])c3)CC2=O)cc1C. The summed E-state index contributed by atoms with van der Waals surface area (Å²) in [5.74, 6) is -1.01. The Morgan fingerprint density at radius 2 is 1.96 bits per heavy atom. The fraction of sp³-hybridized carbons (Fsp3) is 0.263. The summed E-state index contributed by atoms with van der Waals surface area (Å²) in [5.41, 5.74) is 2.95. The first-order valence-corrected chi connectivity index (χ1v) is 8.76. The summed E-state index contributed by atoms with van der Waals surface area (Å²) < 4.78 is 0. The Bertz CT molecular complexity index is 945. The monoisotopic (exact) mass is 387 g/mol. The second-order valence-electron chi connectivity index (χ2n) is 6.59. The van der Waals surface area contributed by atoms with Crippen LogP contribution in [0.25, 0.3) is 0 Å². The molecule has 1 N–H and O–H groups in total. The van der Waals surface area contributed by atoms with Gasteiger partial charge in [-0.05, 0) is 49.2 Å². The maximum absolute atomic E-state index is 12.5. The largest absolute Gasteiger partial charge is 0.326 e. The fourth-order valence-electron chi connectivity index (χ4n) is 3.00. The van der Waals surface area contributed by atoms with Crippen molar-refractivity contribution in [3.05, 3.63) is 62.7 Å². The summed E-state index contributed by atoms with van der Waals surface area (Å²) in [4.78, 5) is 36.8. The van der Waals surface area contributed by atoms with Crippen LogP contribution in [0.2, 0.25) is 5.02 Å². The van der Waals surface area contributed by atoms with E-state index >= 15 is 0 Å². The molecule has 0 spiro atoms. The molecule has 1 aliphatic heterocycles. The van der Waals surface area contributed by atoms with E-state index in [0.29, 0.717) is 0 Å². The maximum atomic E-state index is 12.5. The van der Waals surface area contributed by atoms with E-state index in [1.165, 1.54) is 18.2 Å². The third-order valence-electron chi connectivity index (χ3n) is 4.71. The van der Waals surface area contributed by atoms with E-state index in [-0.39, 0.29) is 41.2 Å². The van der Waals surface area contributed by atoms with Gasteiger partial charge < -0.3 is 10.2 Å². The molecule has 27 heavy (non-hydrogen) atoms. The summed E-state index contributed by atoms with van der Waals surface area (Å²) in [6.45, 7) is 4.23. The number of carbonyl (C=O) groups excluding carboxylic acids is 2. The Kier molecular flexibility index (Phi) is 5.14. The van der Waals surface area contributed by atoms with E-state index in [4.69, 9.17) is 11.6 Å². The van der Waals surface area contributed by atoms with E-state index in [1.807, 2.05) is 32.0 Å². The quantitative estimate of drug-likeness (QED) is 0.636. The van der Waals surface area contributed by atoms with Crippen molar-refractivity contribution < 1.29 is 14.5 Å². The van der Waals surface area contributed by atoms with Crippen molar-refractivity contribution in [3.63, 3.8) is 0 Å². The first kappa shape index (κ1) is 18.8. The van der Waals surface area contributed by atoms with Crippen molar-refractivity contribution in [3.8, 4) is 0 Å². The van der Waals surface area contributed by atoms with E-state index in [0.717, 1.165) is 16.8 Å². The molecule has 0 aliphatic carbocycles. The Balaban J connectivity index is 1.73. The van der Waals surface area contributed by atoms with E-state index in [1.54, 1.807) is 4.90 Å². The molecule has 1 atom stereocenters. The van der Waals surface area contributed by atoms with Crippen LogP contribution in [0.4, 0.5) is 17.1 Å². The van der Waals surface area contributed by atoms with Crippen LogP contribution in [0.15, 0.2) is 36.4 Å². The Morgan fingerprint density at radius 3 is 2.63 bits per heavy atom. The van der Waals surface area contributed by atoms with Crippen LogP contribution in [0.1, 0.15) is 17.5 Å². The summed E-state index contributed by atoms with van der Waals surface area (Å²) in [6.07, 6.45) is 0.0917. The number of nitrogens with one attached hydrogen (secondary N) is 1. The predicted molar refractivity (Wildman–Crippen MR) is 103 cm³/mol. The molecular weight excluding hydrogens is 370 g/mol. The zero-order valence-corrected chi connectivity index (χ0v) is 15.6. The normalized spacial score (nSPS) is 16.5. The first-order valence-electron chi connectivity index (χ1n) is 8.38. The molecule has 0 bridgehead atoms. The molecule has 1 heterocycles. The van der Waals surface area contributed by atoms with Crippen LogP contribution < -0.4 is 10.2 Å². The third-order valence-corrected chi connectivity index (χ3v) is 5.03. The summed E-state index contributed by atoms with van der Waals surface area (Å²) in [7, 11) is 0. The Morgan fingerprint density at radius 1 is 1.22 bits per heavy atom. The number of amides is 2. The number of hydrogen-bond donors (Lipinski definition) is 1. The van der Waals surface area contributed by atoms with Crippen LogP contribution in [0.5, 0.6) is 0 Å². The Hall–Kier alpha value is -2.93. The van der Waals surface area contributed by atoms with Crippen molar-refractivity contribution in [2.45, 2.75) is 20.3 Å². The molecule has 8 heteroatoms. The molecule has 1 fully saturated rings. The number of hydrogen-bond acceptors (Lipinski definition) is 4. The number of carbonyl (C=O) groups is 2. The number of nitro benzene ring substituents is 1. The smallest absolute Gasteiger partial charge is 0.289 e. The van der Waals surface area contributed by atoms with Gasteiger partial charge in [-0.2, -0.15) is 0 Å². The topological polar surface area (TPSA) is 92.6 Å². The van der Waals surface area contributed by atoms with Gasteiger partial charge in [-0.25, -0.2) is 0 Å². The number of halogens is 1. The van der Waals surface area contributed by atoms with Gasteiger partial charge in [0.2, 0.25) is 11.8 Å². The van der Waals surface area contributed by atoms with Crippen LogP contribution >= 0.6 is 11.6 Å². The first-order chi connectivity index (χ1) is 12.8. The molecule has 0 radical (unpaired) electrons. The van der Waals surface area contributed by atoms with Crippen LogP contribution in [-0.4, -0.2) is 23.3 Å². The number of nitrogens with zero attached hydrogens (tertiary/aromatic N) is 2. The summed E-state index contributed by atoms with van der Waals surface area (Å²) in [5, 5.41) is 13.6. The van der Waals surface area contributed by atoms with Crippen LogP contribution in [0.3, 0.4) is 0 Å². The molecule has 2 aromatic rings. The molecular formula is C19H18ClN3O4. The second kappa shape index (κ2) is 7.36. The molecule has 2 amide bonds. The predicted octanol–water partition coefficient (Wildman–Crippen LogP) is 3.86. The van der Waals surface area contributed by atoms with Crippen molar-refractivity contribution in [1.29, 1.82) is 0 Å². The molecule has 1 saturated heterocycles. The third kappa shape index (κ3) is 3.93. The number of benzene rings is 2. The van der Waals surface area contributed by atoms with E-state index in [2.05, 4.69) is 5.32 Å². The lowest BCUT2D eigenvalue weighted by molar-refractivity contribution is -0.384. The molecule has 0 saturated carbocycles. The highest BCUT2D eigenvalue weighted by molar-refractivity contribution is 6.32. The lowest BCUT2D eigenvalue weighted by Gasteiger charge is -2.18. The lowest BCUT2D eigenvalue weighted by atomic mass is 10.1. The fourth-order valence-corrected chi connectivity index (χ4v) is 3.19. The highest BCUT2D eigenvalue weighted by atomic mass is 35.5. The Labute approximate surface area is 161 Å². The van der Waals surface area contributed by atoms with Gasteiger partial charge in [-0.1, -0.05) is 17.7 Å². The zero-order valence-electron chi connectivity index (χ0n) is 14.9. The lowest BCUT2D eigenvalue weighted by Crippen LogP contribution is -2.28. The number of rotatable bonds is 4. The van der Waals surface area contributed by atoms with E-state index in [9.17, 15) is 19.7 Å². The molecule has 140 valence electrons. The van der Waals surface area contributed by atoms with E-state index < -0.39 is 10.8 Å². The van der Waals surface area contributed by atoms with Gasteiger partial charge in [-0.15, -0.1) is 0 Å². The molecule has 1 aliphatic rings.